The van der Waals surface area contributed by atoms with Gasteiger partial charge in [-0.05, 0) is 85.0 Å². The highest BCUT2D eigenvalue weighted by molar-refractivity contribution is 5.99. The highest BCUT2D eigenvalue weighted by Crippen LogP contribution is 2.42. The van der Waals surface area contributed by atoms with Gasteiger partial charge >= 0.3 is 0 Å². The van der Waals surface area contributed by atoms with Crippen molar-refractivity contribution in [2.75, 3.05) is 6.61 Å². The Labute approximate surface area is 242 Å². The van der Waals surface area contributed by atoms with Crippen molar-refractivity contribution in [2.24, 2.45) is 0 Å². The van der Waals surface area contributed by atoms with Crippen LogP contribution in [0.5, 0.6) is 11.5 Å². The molecule has 6 nitrogen and oxygen atoms in total. The minimum absolute atomic E-state index is 0.0187. The summed E-state index contributed by atoms with van der Waals surface area (Å²) in [6, 6.07) is 24.1. The van der Waals surface area contributed by atoms with Crippen LogP contribution < -0.4 is 14.9 Å². The second kappa shape index (κ2) is 11.2. The maximum absolute atomic E-state index is 14.0. The Bertz CT molecular complexity index is 1850. The number of halogens is 1. The first-order chi connectivity index (χ1) is 20.3. The molecule has 1 unspecified atom stereocenters. The SMILES string of the molecule is CCOc1cc(C2c3c(oc4cc(C)c(C)cc4c3=O)C(=O)N2Cc2ccc(F)cc2)ccc1OCc1ccccc1. The lowest BCUT2D eigenvalue weighted by molar-refractivity contribution is 0.0714. The smallest absolute Gasteiger partial charge is 0.291 e. The van der Waals surface area contributed by atoms with E-state index in [-0.39, 0.29) is 29.1 Å². The highest BCUT2D eigenvalue weighted by Gasteiger charge is 2.43. The van der Waals surface area contributed by atoms with Crippen LogP contribution in [0.3, 0.4) is 0 Å². The summed E-state index contributed by atoms with van der Waals surface area (Å²) in [5.74, 6) is 0.303. The van der Waals surface area contributed by atoms with Gasteiger partial charge in [0.15, 0.2) is 16.9 Å². The van der Waals surface area contributed by atoms with Crippen molar-refractivity contribution in [3.63, 3.8) is 0 Å². The number of aryl methyl sites for hydroxylation is 2. The minimum Gasteiger partial charge on any atom is -0.490 e. The molecule has 1 amide bonds. The van der Waals surface area contributed by atoms with Gasteiger partial charge in [0.2, 0.25) is 5.76 Å². The van der Waals surface area contributed by atoms with E-state index in [1.165, 1.54) is 12.1 Å². The number of benzene rings is 4. The van der Waals surface area contributed by atoms with E-state index in [1.54, 1.807) is 29.2 Å². The number of fused-ring (bicyclic) bond motifs is 2. The normalized spacial score (nSPS) is 14.3. The number of carbonyl (C=O) groups excluding carboxylic acids is 1. The molecule has 0 bridgehead atoms. The molecule has 0 radical (unpaired) electrons. The van der Waals surface area contributed by atoms with Gasteiger partial charge in [-0.3, -0.25) is 9.59 Å². The first-order valence-electron chi connectivity index (χ1n) is 13.9. The number of hydrogen-bond acceptors (Lipinski definition) is 5. The first-order valence-corrected chi connectivity index (χ1v) is 13.9. The third kappa shape index (κ3) is 5.02. The van der Waals surface area contributed by atoms with Gasteiger partial charge < -0.3 is 18.8 Å². The van der Waals surface area contributed by atoms with E-state index in [2.05, 4.69) is 0 Å². The molecule has 0 saturated carbocycles. The molecule has 1 aliphatic heterocycles. The monoisotopic (exact) mass is 563 g/mol. The van der Waals surface area contributed by atoms with Crippen LogP contribution in [0.25, 0.3) is 11.0 Å². The van der Waals surface area contributed by atoms with Crippen molar-refractivity contribution < 1.29 is 23.1 Å². The van der Waals surface area contributed by atoms with Crippen LogP contribution in [0, 0.1) is 19.7 Å². The van der Waals surface area contributed by atoms with Gasteiger partial charge in [0, 0.05) is 6.54 Å². The molecule has 0 spiro atoms. The molecule has 2 heterocycles. The van der Waals surface area contributed by atoms with Crippen molar-refractivity contribution in [1.29, 1.82) is 0 Å². The summed E-state index contributed by atoms with van der Waals surface area (Å²) >= 11 is 0. The molecule has 1 aliphatic rings. The van der Waals surface area contributed by atoms with Gasteiger partial charge in [-0.2, -0.15) is 0 Å². The van der Waals surface area contributed by atoms with Crippen molar-refractivity contribution >= 4 is 16.9 Å². The van der Waals surface area contributed by atoms with Crippen LogP contribution in [0.2, 0.25) is 0 Å². The second-order valence-corrected chi connectivity index (χ2v) is 10.5. The fourth-order valence-electron chi connectivity index (χ4n) is 5.39. The van der Waals surface area contributed by atoms with E-state index in [0.29, 0.717) is 41.2 Å². The number of nitrogens with zero attached hydrogens (tertiary/aromatic N) is 1. The Morgan fingerprint density at radius 3 is 2.31 bits per heavy atom. The van der Waals surface area contributed by atoms with Gasteiger partial charge in [-0.15, -0.1) is 0 Å². The lowest BCUT2D eigenvalue weighted by Gasteiger charge is -2.26. The number of amides is 1. The van der Waals surface area contributed by atoms with Gasteiger partial charge in [-0.1, -0.05) is 48.5 Å². The summed E-state index contributed by atoms with van der Waals surface area (Å²) < 4.78 is 31.9. The Kier molecular flexibility index (Phi) is 7.25. The molecular formula is C35H30FNO5. The topological polar surface area (TPSA) is 69.0 Å². The zero-order valence-corrected chi connectivity index (χ0v) is 23.6. The number of hydrogen-bond donors (Lipinski definition) is 0. The molecule has 0 saturated heterocycles. The van der Waals surface area contributed by atoms with Crippen molar-refractivity contribution in [3.05, 3.63) is 140 Å². The van der Waals surface area contributed by atoms with Crippen LogP contribution >= 0.6 is 0 Å². The van der Waals surface area contributed by atoms with Crippen molar-refractivity contribution in [2.45, 2.75) is 40.0 Å². The maximum atomic E-state index is 14.0. The third-order valence-electron chi connectivity index (χ3n) is 7.67. The first kappa shape index (κ1) is 27.3. The predicted molar refractivity (Wildman–Crippen MR) is 158 cm³/mol. The Morgan fingerprint density at radius 2 is 1.57 bits per heavy atom. The predicted octanol–water partition coefficient (Wildman–Crippen LogP) is 7.27. The van der Waals surface area contributed by atoms with Crippen LogP contribution in [0.15, 0.2) is 94.1 Å². The molecule has 42 heavy (non-hydrogen) atoms. The van der Waals surface area contributed by atoms with Crippen LogP contribution in [-0.2, 0) is 13.2 Å². The largest absolute Gasteiger partial charge is 0.490 e. The summed E-state index contributed by atoms with van der Waals surface area (Å²) in [7, 11) is 0. The molecule has 0 N–H and O–H groups in total. The highest BCUT2D eigenvalue weighted by atomic mass is 19.1. The van der Waals surface area contributed by atoms with Gasteiger partial charge in [0.05, 0.1) is 23.6 Å². The Hall–Kier alpha value is -4.91. The van der Waals surface area contributed by atoms with E-state index in [0.717, 1.165) is 22.3 Å². The lowest BCUT2D eigenvalue weighted by atomic mass is 9.97. The maximum Gasteiger partial charge on any atom is 0.291 e. The van der Waals surface area contributed by atoms with Crippen molar-refractivity contribution in [1.82, 2.24) is 4.90 Å². The summed E-state index contributed by atoms with van der Waals surface area (Å²) in [5.41, 5.74) is 4.72. The number of rotatable bonds is 8. The molecule has 1 atom stereocenters. The van der Waals surface area contributed by atoms with E-state index in [9.17, 15) is 14.0 Å². The second-order valence-electron chi connectivity index (χ2n) is 10.5. The number of carbonyl (C=O) groups is 1. The molecule has 1 aromatic heterocycles. The summed E-state index contributed by atoms with van der Waals surface area (Å²) in [4.78, 5) is 29.5. The van der Waals surface area contributed by atoms with E-state index in [1.807, 2.05) is 69.3 Å². The molecule has 4 aromatic carbocycles. The zero-order valence-electron chi connectivity index (χ0n) is 23.6. The van der Waals surface area contributed by atoms with Crippen molar-refractivity contribution in [3.8, 4) is 11.5 Å². The quantitative estimate of drug-likeness (QED) is 0.199. The molecule has 0 fully saturated rings. The fourth-order valence-corrected chi connectivity index (χ4v) is 5.39. The molecule has 212 valence electrons. The van der Waals surface area contributed by atoms with Gasteiger partial charge in [-0.25, -0.2) is 4.39 Å². The zero-order chi connectivity index (χ0) is 29.4. The Balaban J connectivity index is 1.47. The van der Waals surface area contributed by atoms with E-state index < -0.39 is 11.9 Å². The van der Waals surface area contributed by atoms with Crippen LogP contribution in [-0.4, -0.2) is 17.4 Å². The lowest BCUT2D eigenvalue weighted by Crippen LogP contribution is -2.29. The van der Waals surface area contributed by atoms with Gasteiger partial charge in [0.1, 0.15) is 18.0 Å². The molecule has 6 rings (SSSR count). The fraction of sp³-hybridized carbons (Fsp3) is 0.200. The molecule has 5 aromatic rings. The van der Waals surface area contributed by atoms with Crippen LogP contribution in [0.4, 0.5) is 4.39 Å². The molecule has 0 aliphatic carbocycles. The standard InChI is InChI=1S/C35H30FNO5/c1-4-40-30-18-25(12-15-28(30)41-20-24-8-6-5-7-9-24)32-31-33(38)27-16-21(2)22(3)17-29(27)42-34(31)35(39)37(32)19-23-10-13-26(36)14-11-23/h5-18,32H,4,19-20H2,1-3H3. The summed E-state index contributed by atoms with van der Waals surface area (Å²) in [5, 5.41) is 0.422. The molecular weight excluding hydrogens is 533 g/mol. The minimum atomic E-state index is -0.748. The summed E-state index contributed by atoms with van der Waals surface area (Å²) in [6.45, 7) is 6.66. The summed E-state index contributed by atoms with van der Waals surface area (Å²) in [6.07, 6.45) is 0. The van der Waals surface area contributed by atoms with Gasteiger partial charge in [0.25, 0.3) is 5.91 Å². The van der Waals surface area contributed by atoms with Crippen LogP contribution in [0.1, 0.15) is 56.9 Å². The van der Waals surface area contributed by atoms with E-state index in [4.69, 9.17) is 13.9 Å². The van der Waals surface area contributed by atoms with E-state index >= 15 is 0 Å². The third-order valence-corrected chi connectivity index (χ3v) is 7.67. The average molecular weight is 564 g/mol. The number of ether oxygens (including phenoxy) is 2. The average Bonchev–Trinajstić information content (AvgIpc) is 3.26. The Morgan fingerprint density at radius 1 is 0.833 bits per heavy atom. The molecule has 7 heteroatoms.